The Morgan fingerprint density at radius 1 is 1.22 bits per heavy atom. The fourth-order valence-electron chi connectivity index (χ4n) is 6.07. The van der Waals surface area contributed by atoms with Crippen molar-refractivity contribution in [2.45, 2.75) is 62.6 Å². The van der Waals surface area contributed by atoms with Gasteiger partial charge >= 0.3 is 0 Å². The van der Waals surface area contributed by atoms with Crippen LogP contribution in [0.4, 0.5) is 0 Å². The van der Waals surface area contributed by atoms with Crippen LogP contribution in [0.3, 0.4) is 0 Å². The molecule has 4 rings (SSSR count). The number of aromatic nitrogens is 1. The zero-order valence-corrected chi connectivity index (χ0v) is 19.2. The summed E-state index contributed by atoms with van der Waals surface area (Å²) in [7, 11) is 1.75. The first-order chi connectivity index (χ1) is 15.6. The third-order valence-corrected chi connectivity index (χ3v) is 7.58. The van der Waals surface area contributed by atoms with Gasteiger partial charge in [-0.2, -0.15) is 0 Å². The van der Waals surface area contributed by atoms with Crippen LogP contribution in [0.1, 0.15) is 61.3 Å². The molecule has 7 heteroatoms. The highest BCUT2D eigenvalue weighted by molar-refractivity contribution is 5.89. The summed E-state index contributed by atoms with van der Waals surface area (Å²) in [5.41, 5.74) is 3.22. The van der Waals surface area contributed by atoms with Crippen LogP contribution in [-0.2, 0) is 9.59 Å². The Labute approximate surface area is 191 Å². The maximum Gasteiger partial charge on any atom is 0.245 e. The number of aromatic amines is 1. The Bertz CT molecular complexity index is 857. The lowest BCUT2D eigenvalue weighted by Crippen LogP contribution is -2.56. The first kappa shape index (κ1) is 22.8. The SMILES string of the molecule is C=Cc1[nH]cc(C2CN[C@@H]3CCN(C(=O)C(NC(=O)CNC)C4CCCCC4)[C@H]23)c1C=C. The summed E-state index contributed by atoms with van der Waals surface area (Å²) in [6.45, 7) is 9.68. The van der Waals surface area contributed by atoms with Gasteiger partial charge in [0.15, 0.2) is 0 Å². The molecule has 0 bridgehead atoms. The molecule has 1 aromatic heterocycles. The summed E-state index contributed by atoms with van der Waals surface area (Å²) in [4.78, 5) is 31.8. The zero-order valence-electron chi connectivity index (χ0n) is 19.2. The molecule has 32 heavy (non-hydrogen) atoms. The van der Waals surface area contributed by atoms with E-state index in [1.54, 1.807) is 7.05 Å². The van der Waals surface area contributed by atoms with Crippen LogP contribution in [0.2, 0.25) is 0 Å². The maximum atomic E-state index is 13.9. The number of likely N-dealkylation sites (N-methyl/N-ethyl adjacent to an activating group) is 1. The van der Waals surface area contributed by atoms with Crippen LogP contribution in [-0.4, -0.2) is 66.5 Å². The number of likely N-dealkylation sites (tertiary alicyclic amines) is 1. The van der Waals surface area contributed by atoms with E-state index in [2.05, 4.69) is 39.0 Å². The third-order valence-electron chi connectivity index (χ3n) is 7.58. The molecule has 1 aromatic rings. The summed E-state index contributed by atoms with van der Waals surface area (Å²) < 4.78 is 0. The van der Waals surface area contributed by atoms with Crippen molar-refractivity contribution in [2.24, 2.45) is 5.92 Å². The van der Waals surface area contributed by atoms with Gasteiger partial charge in [-0.05, 0) is 43.9 Å². The number of hydrogen-bond acceptors (Lipinski definition) is 4. The van der Waals surface area contributed by atoms with Crippen molar-refractivity contribution in [3.63, 3.8) is 0 Å². The summed E-state index contributed by atoms with van der Waals surface area (Å²) in [6, 6.07) is -0.0735. The van der Waals surface area contributed by atoms with Crippen molar-refractivity contribution in [2.75, 3.05) is 26.7 Å². The van der Waals surface area contributed by atoms with Crippen LogP contribution >= 0.6 is 0 Å². The summed E-state index contributed by atoms with van der Waals surface area (Å²) in [5, 5.41) is 9.63. The second-order valence-corrected chi connectivity index (χ2v) is 9.39. The second kappa shape index (κ2) is 10.0. The van der Waals surface area contributed by atoms with Crippen LogP contribution < -0.4 is 16.0 Å². The Morgan fingerprint density at radius 2 is 2.00 bits per heavy atom. The van der Waals surface area contributed by atoms with Gasteiger partial charge in [0, 0.05) is 42.5 Å². The molecule has 3 aliphatic rings. The number of carbonyl (C=O) groups is 2. The highest BCUT2D eigenvalue weighted by Gasteiger charge is 2.49. The quantitative estimate of drug-likeness (QED) is 0.500. The normalized spacial score (nSPS) is 26.5. The van der Waals surface area contributed by atoms with Gasteiger partial charge in [-0.15, -0.1) is 0 Å². The minimum absolute atomic E-state index is 0.0851. The molecule has 7 nitrogen and oxygen atoms in total. The number of amides is 2. The topological polar surface area (TPSA) is 89.3 Å². The molecule has 2 unspecified atom stereocenters. The molecule has 3 heterocycles. The summed E-state index contributed by atoms with van der Waals surface area (Å²) in [5.74, 6) is 0.377. The van der Waals surface area contributed by atoms with Gasteiger partial charge in [0.2, 0.25) is 11.8 Å². The first-order valence-corrected chi connectivity index (χ1v) is 12.0. The maximum absolute atomic E-state index is 13.9. The molecular formula is C25H37N5O2. The molecule has 2 amide bonds. The van der Waals surface area contributed by atoms with E-state index in [-0.39, 0.29) is 42.3 Å². The fourth-order valence-corrected chi connectivity index (χ4v) is 6.07. The minimum Gasteiger partial charge on any atom is -0.361 e. The van der Waals surface area contributed by atoms with Crippen LogP contribution in [0.15, 0.2) is 19.4 Å². The van der Waals surface area contributed by atoms with Crippen molar-refractivity contribution in [3.05, 3.63) is 36.2 Å². The molecule has 0 aromatic carbocycles. The van der Waals surface area contributed by atoms with E-state index in [0.29, 0.717) is 0 Å². The number of fused-ring (bicyclic) bond motifs is 1. The Balaban J connectivity index is 1.59. The van der Waals surface area contributed by atoms with Crippen molar-refractivity contribution in [3.8, 4) is 0 Å². The number of nitrogens with one attached hydrogen (secondary N) is 4. The van der Waals surface area contributed by atoms with Crippen LogP contribution in [0, 0.1) is 5.92 Å². The number of carbonyl (C=O) groups excluding carboxylic acids is 2. The standard InChI is InChI=1S/C25H37N5O2/c1-4-17-18(13-27-20(17)5-2)19-14-28-21-11-12-30(24(19)21)25(32)23(29-22(31)15-26-3)16-9-7-6-8-10-16/h4-5,13,16,19,21,23-24,26-28H,1-2,6-12,14-15H2,3H3,(H,29,31)/t19?,21-,23?,24-/m1/s1. The molecule has 0 spiro atoms. The van der Waals surface area contributed by atoms with Crippen LogP contribution in [0.5, 0.6) is 0 Å². The van der Waals surface area contributed by atoms with Gasteiger partial charge < -0.3 is 25.8 Å². The zero-order chi connectivity index (χ0) is 22.7. The molecule has 2 aliphatic heterocycles. The minimum atomic E-state index is -0.440. The summed E-state index contributed by atoms with van der Waals surface area (Å²) >= 11 is 0. The molecule has 2 saturated heterocycles. The van der Waals surface area contributed by atoms with Gasteiger partial charge in [-0.25, -0.2) is 0 Å². The van der Waals surface area contributed by atoms with E-state index in [0.717, 1.165) is 56.5 Å². The van der Waals surface area contributed by atoms with E-state index in [1.165, 1.54) is 12.0 Å². The molecule has 0 radical (unpaired) electrons. The van der Waals surface area contributed by atoms with E-state index < -0.39 is 6.04 Å². The molecule has 1 saturated carbocycles. The largest absolute Gasteiger partial charge is 0.361 e. The van der Waals surface area contributed by atoms with Gasteiger partial charge in [0.05, 0.1) is 12.6 Å². The Morgan fingerprint density at radius 3 is 2.69 bits per heavy atom. The van der Waals surface area contributed by atoms with E-state index in [9.17, 15) is 9.59 Å². The first-order valence-electron chi connectivity index (χ1n) is 12.0. The average molecular weight is 440 g/mol. The van der Waals surface area contributed by atoms with Crippen molar-refractivity contribution in [1.82, 2.24) is 25.8 Å². The Hall–Kier alpha value is -2.38. The number of hydrogen-bond donors (Lipinski definition) is 4. The molecular weight excluding hydrogens is 402 g/mol. The lowest BCUT2D eigenvalue weighted by molar-refractivity contribution is -0.139. The average Bonchev–Trinajstić information content (AvgIpc) is 3.52. The second-order valence-electron chi connectivity index (χ2n) is 9.39. The van der Waals surface area contributed by atoms with Crippen molar-refractivity contribution < 1.29 is 9.59 Å². The molecule has 3 fully saturated rings. The van der Waals surface area contributed by atoms with Crippen LogP contribution in [0.25, 0.3) is 12.2 Å². The monoisotopic (exact) mass is 439 g/mol. The predicted octanol–water partition coefficient (Wildman–Crippen LogP) is 2.24. The smallest absolute Gasteiger partial charge is 0.245 e. The predicted molar refractivity (Wildman–Crippen MR) is 128 cm³/mol. The molecule has 174 valence electrons. The summed E-state index contributed by atoms with van der Waals surface area (Å²) in [6.07, 6.45) is 12.1. The van der Waals surface area contributed by atoms with E-state index >= 15 is 0 Å². The fraction of sp³-hybridized carbons (Fsp3) is 0.600. The lowest BCUT2D eigenvalue weighted by atomic mass is 9.82. The van der Waals surface area contributed by atoms with E-state index in [4.69, 9.17) is 0 Å². The third kappa shape index (κ3) is 4.28. The van der Waals surface area contributed by atoms with Gasteiger partial charge in [0.25, 0.3) is 0 Å². The molecule has 1 aliphatic carbocycles. The van der Waals surface area contributed by atoms with E-state index in [1.807, 2.05) is 18.3 Å². The number of H-pyrrole nitrogens is 1. The van der Waals surface area contributed by atoms with Gasteiger partial charge in [0.1, 0.15) is 6.04 Å². The van der Waals surface area contributed by atoms with Crippen molar-refractivity contribution >= 4 is 24.0 Å². The molecule has 4 N–H and O–H groups in total. The highest BCUT2D eigenvalue weighted by atomic mass is 16.2. The van der Waals surface area contributed by atoms with Gasteiger partial charge in [-0.3, -0.25) is 9.59 Å². The number of rotatable bonds is 8. The number of nitrogens with zero attached hydrogens (tertiary/aromatic N) is 1. The van der Waals surface area contributed by atoms with Crippen molar-refractivity contribution in [1.29, 1.82) is 0 Å². The highest BCUT2D eigenvalue weighted by Crippen LogP contribution is 2.39. The lowest BCUT2D eigenvalue weighted by Gasteiger charge is -2.36. The molecule has 4 atom stereocenters. The van der Waals surface area contributed by atoms with Gasteiger partial charge in [-0.1, -0.05) is 38.5 Å². The Kier molecular flexibility index (Phi) is 7.16.